The highest BCUT2D eigenvalue weighted by Crippen LogP contribution is 2.26. The van der Waals surface area contributed by atoms with Gasteiger partial charge in [-0.1, -0.05) is 170 Å². The molecule has 0 saturated heterocycles. The third-order valence-corrected chi connectivity index (χ3v) is 12.1. The fraction of sp³-hybridized carbons (Fsp3) is 0.887. The lowest BCUT2D eigenvalue weighted by Gasteiger charge is -2.32. The van der Waals surface area contributed by atoms with Crippen LogP contribution in [0, 0.1) is 17.3 Å². The highest BCUT2D eigenvalue weighted by Gasteiger charge is 2.40. The molecule has 386 valence electrons. The van der Waals surface area contributed by atoms with E-state index in [1.54, 1.807) is 13.8 Å². The van der Waals surface area contributed by atoms with E-state index in [2.05, 4.69) is 33.0 Å². The van der Waals surface area contributed by atoms with Gasteiger partial charge in [-0.3, -0.25) is 28.8 Å². The molecule has 0 heterocycles. The van der Waals surface area contributed by atoms with Crippen molar-refractivity contribution in [3.8, 4) is 0 Å². The van der Waals surface area contributed by atoms with Crippen LogP contribution in [0.3, 0.4) is 0 Å². The Kier molecular flexibility index (Phi) is 39.9. The quantitative estimate of drug-likeness (QED) is 0.0266. The average Bonchev–Trinajstić information content (AvgIpc) is 3.27. The molecule has 3 atom stereocenters. The Morgan fingerprint density at radius 3 is 1.38 bits per heavy atom. The predicted molar refractivity (Wildman–Crippen MR) is 263 cm³/mol. The van der Waals surface area contributed by atoms with Crippen molar-refractivity contribution >= 4 is 35.8 Å². The summed E-state index contributed by atoms with van der Waals surface area (Å²) in [7, 11) is 3.72. The number of nitrogens with zero attached hydrogens (tertiary/aromatic N) is 1. The molecule has 1 amide bonds. The van der Waals surface area contributed by atoms with Crippen molar-refractivity contribution in [2.45, 2.75) is 234 Å². The van der Waals surface area contributed by atoms with Gasteiger partial charge in [0.05, 0.1) is 19.6 Å². The van der Waals surface area contributed by atoms with Gasteiger partial charge in [-0.05, 0) is 58.0 Å². The summed E-state index contributed by atoms with van der Waals surface area (Å²) in [4.78, 5) is 79.5. The monoisotopic (exact) mass is 939 g/mol. The van der Waals surface area contributed by atoms with Crippen LogP contribution in [0.2, 0.25) is 0 Å². The molecule has 0 aromatic rings. The Bertz CT molecular complexity index is 1270. The van der Waals surface area contributed by atoms with Crippen LogP contribution in [0.1, 0.15) is 228 Å². The van der Waals surface area contributed by atoms with Gasteiger partial charge in [-0.15, -0.1) is 0 Å². The molecule has 13 nitrogen and oxygen atoms in total. The van der Waals surface area contributed by atoms with Gasteiger partial charge in [0.1, 0.15) is 19.6 Å². The number of amides is 1. The van der Waals surface area contributed by atoms with E-state index in [4.69, 9.17) is 23.7 Å². The van der Waals surface area contributed by atoms with E-state index in [1.165, 1.54) is 83.5 Å². The van der Waals surface area contributed by atoms with Crippen LogP contribution in [-0.2, 0) is 52.5 Å². The Balaban J connectivity index is 5.42. The van der Waals surface area contributed by atoms with E-state index in [-0.39, 0.29) is 63.9 Å². The first-order valence-electron chi connectivity index (χ1n) is 26.4. The van der Waals surface area contributed by atoms with Gasteiger partial charge in [0, 0.05) is 31.3 Å². The summed E-state index contributed by atoms with van der Waals surface area (Å²) in [5.74, 6) is -3.19. The van der Waals surface area contributed by atoms with Crippen LogP contribution >= 0.6 is 0 Å². The zero-order valence-corrected chi connectivity index (χ0v) is 43.4. The number of carbonyl (C=O) groups excluding carboxylic acids is 6. The lowest BCUT2D eigenvalue weighted by Crippen LogP contribution is -2.49. The third-order valence-electron chi connectivity index (χ3n) is 12.1. The van der Waals surface area contributed by atoms with Crippen molar-refractivity contribution in [1.82, 2.24) is 10.2 Å². The minimum Gasteiger partial charge on any atom is -0.465 e. The van der Waals surface area contributed by atoms with Gasteiger partial charge < -0.3 is 33.9 Å². The van der Waals surface area contributed by atoms with Crippen LogP contribution in [0.4, 0.5) is 0 Å². The molecule has 1 N–H and O–H groups in total. The summed E-state index contributed by atoms with van der Waals surface area (Å²) < 4.78 is 27.7. The maximum atomic E-state index is 13.6. The number of nitrogens with one attached hydrogen (secondary N) is 1. The summed E-state index contributed by atoms with van der Waals surface area (Å²) in [6.07, 6.45) is 25.6. The molecule has 3 unspecified atom stereocenters. The first kappa shape index (κ1) is 62.8. The number of esters is 5. The Morgan fingerprint density at radius 1 is 0.485 bits per heavy atom. The molecule has 0 aliphatic rings. The highest BCUT2D eigenvalue weighted by atomic mass is 16.6. The number of hydrogen-bond donors (Lipinski definition) is 1. The topological polar surface area (TPSA) is 164 Å². The first-order chi connectivity index (χ1) is 31.7. The molecule has 0 spiro atoms. The summed E-state index contributed by atoms with van der Waals surface area (Å²) in [5.41, 5.74) is -1.24. The molecule has 0 aliphatic heterocycles. The second-order valence-electron chi connectivity index (χ2n) is 19.5. The lowest BCUT2D eigenvalue weighted by atomic mass is 9.86. The third kappa shape index (κ3) is 36.8. The summed E-state index contributed by atoms with van der Waals surface area (Å²) >= 11 is 0. The molecular weight excluding hydrogens is 841 g/mol. The fourth-order valence-corrected chi connectivity index (χ4v) is 7.75. The molecule has 0 bridgehead atoms. The van der Waals surface area contributed by atoms with Gasteiger partial charge in [0.2, 0.25) is 0 Å². The van der Waals surface area contributed by atoms with Crippen LogP contribution < -0.4 is 5.32 Å². The van der Waals surface area contributed by atoms with Crippen molar-refractivity contribution in [3.63, 3.8) is 0 Å². The zero-order valence-electron chi connectivity index (χ0n) is 43.4. The smallest absolute Gasteiger partial charge is 0.317 e. The van der Waals surface area contributed by atoms with E-state index in [0.29, 0.717) is 19.1 Å². The maximum Gasteiger partial charge on any atom is 0.317 e. The maximum absolute atomic E-state index is 13.6. The molecule has 66 heavy (non-hydrogen) atoms. The van der Waals surface area contributed by atoms with Crippen LogP contribution in [0.5, 0.6) is 0 Å². The van der Waals surface area contributed by atoms with Gasteiger partial charge in [-0.2, -0.15) is 0 Å². The van der Waals surface area contributed by atoms with E-state index in [9.17, 15) is 28.8 Å². The van der Waals surface area contributed by atoms with Crippen molar-refractivity contribution in [3.05, 3.63) is 0 Å². The predicted octanol–water partition coefficient (Wildman–Crippen LogP) is 11.4. The zero-order chi connectivity index (χ0) is 49.3. The largest absolute Gasteiger partial charge is 0.465 e. The number of rotatable bonds is 45. The van der Waals surface area contributed by atoms with Gasteiger partial charge >= 0.3 is 29.8 Å². The fourth-order valence-electron chi connectivity index (χ4n) is 7.75. The number of carbonyl (C=O) groups is 6. The summed E-state index contributed by atoms with van der Waals surface area (Å²) in [6.45, 7) is 13.0. The number of likely N-dealkylation sites (N-methyl/N-ethyl adjacent to an activating group) is 1. The molecular formula is C53H98N2O11. The van der Waals surface area contributed by atoms with E-state index < -0.39 is 47.7 Å². The van der Waals surface area contributed by atoms with Crippen LogP contribution in [-0.4, -0.2) is 100 Å². The second-order valence-corrected chi connectivity index (χ2v) is 19.5. The molecule has 0 aliphatic carbocycles. The molecule has 0 radical (unpaired) electrons. The number of unbranched alkanes of at least 4 members (excludes halogenated alkanes) is 16. The summed E-state index contributed by atoms with van der Waals surface area (Å²) in [5, 5.41) is 2.65. The first-order valence-corrected chi connectivity index (χ1v) is 26.4. The molecule has 0 rings (SSSR count). The minimum absolute atomic E-state index is 0.0250. The number of hydrogen-bond acceptors (Lipinski definition) is 12. The minimum atomic E-state index is -1.42. The van der Waals surface area contributed by atoms with Crippen molar-refractivity contribution in [2.75, 3.05) is 53.6 Å². The van der Waals surface area contributed by atoms with Gasteiger partial charge in [0.25, 0.3) is 5.91 Å². The molecule has 13 heteroatoms. The molecule has 0 saturated carbocycles. The number of ether oxygens (including phenoxy) is 5. The van der Waals surface area contributed by atoms with Crippen molar-refractivity contribution < 1.29 is 52.5 Å². The lowest BCUT2D eigenvalue weighted by molar-refractivity contribution is -0.170. The molecule has 0 aromatic heterocycles. The van der Waals surface area contributed by atoms with Crippen molar-refractivity contribution in [2.24, 2.45) is 17.3 Å². The average molecular weight is 939 g/mol. The van der Waals surface area contributed by atoms with Crippen molar-refractivity contribution in [1.29, 1.82) is 0 Å². The highest BCUT2D eigenvalue weighted by molar-refractivity contribution is 5.91. The normalized spacial score (nSPS) is 12.9. The Labute approximate surface area is 402 Å². The van der Waals surface area contributed by atoms with E-state index in [0.717, 1.165) is 70.6 Å². The van der Waals surface area contributed by atoms with Crippen LogP contribution in [0.15, 0.2) is 0 Å². The Hall–Kier alpha value is -3.22. The van der Waals surface area contributed by atoms with E-state index >= 15 is 0 Å². The van der Waals surface area contributed by atoms with E-state index in [1.807, 2.05) is 19.0 Å². The van der Waals surface area contributed by atoms with Gasteiger partial charge in [-0.25, -0.2) is 0 Å². The Morgan fingerprint density at radius 2 is 0.894 bits per heavy atom. The molecule has 0 fully saturated rings. The van der Waals surface area contributed by atoms with Crippen LogP contribution in [0.25, 0.3) is 0 Å². The molecule has 0 aromatic carbocycles. The van der Waals surface area contributed by atoms with Gasteiger partial charge in [0.15, 0.2) is 6.10 Å². The second kappa shape index (κ2) is 41.9. The standard InChI is InChI=1S/C53H98N2O11/c1-9-13-17-21-23-27-32-44(30-25-19-15-11-3)41-63-46(56)34-29-35-48(58)66-51(52(61)54-37-36-47(57)62-39-38-55(7)8)53(5,6)43-65-50(60)40-49(59)64-42-45(31-26-20-16-12-4)33-28-24-22-18-14-10-2/h44-45,51H,9-43H2,1-8H3,(H,54,61). The summed E-state index contributed by atoms with van der Waals surface area (Å²) in [6, 6.07) is 0. The SMILES string of the molecule is CCCCCCCCC(CCCCCC)COC(=O)CCCC(=O)OC(C(=O)NCCC(=O)OCCN(C)C)C(C)(C)COC(=O)CC(=O)OCC(CCCCCC)CCCCCCCC.